The highest BCUT2D eigenvalue weighted by atomic mass is 16.1. The molecule has 2 aromatic rings. The average molecular weight is 301 g/mol. The molecule has 0 aliphatic carbocycles. The number of benzene rings is 1. The number of tetrazole rings is 1. The summed E-state index contributed by atoms with van der Waals surface area (Å²) in [5.41, 5.74) is 3.25. The number of aromatic nitrogens is 4. The molecule has 0 saturated heterocycles. The standard InChI is InChI=1S/C16H23N5O/c1-11-6-7-13(8-12(11)2)21-14(18-19-20-21)10-17-15(22)9-16(3,4)5/h6-8H,9-10H2,1-5H3,(H,17,22). The highest BCUT2D eigenvalue weighted by Crippen LogP contribution is 2.18. The Morgan fingerprint density at radius 2 is 1.95 bits per heavy atom. The number of hydrogen-bond donors (Lipinski definition) is 1. The van der Waals surface area contributed by atoms with Gasteiger partial charge in [0, 0.05) is 6.42 Å². The molecule has 0 bridgehead atoms. The van der Waals surface area contributed by atoms with Crippen molar-refractivity contribution >= 4 is 5.91 Å². The molecule has 6 nitrogen and oxygen atoms in total. The minimum atomic E-state index is -0.0376. The van der Waals surface area contributed by atoms with Gasteiger partial charge in [0.05, 0.1) is 12.2 Å². The number of hydrogen-bond acceptors (Lipinski definition) is 4. The van der Waals surface area contributed by atoms with Crippen LogP contribution < -0.4 is 5.32 Å². The third kappa shape index (κ3) is 4.13. The summed E-state index contributed by atoms with van der Waals surface area (Å²) in [6, 6.07) is 6.04. The number of carbonyl (C=O) groups is 1. The first-order chi connectivity index (χ1) is 10.3. The van der Waals surface area contributed by atoms with Crippen LogP contribution in [0.3, 0.4) is 0 Å². The van der Waals surface area contributed by atoms with Crippen molar-refractivity contribution in [3.63, 3.8) is 0 Å². The second-order valence-corrected chi connectivity index (χ2v) is 6.79. The lowest BCUT2D eigenvalue weighted by Gasteiger charge is -2.17. The second-order valence-electron chi connectivity index (χ2n) is 6.79. The largest absolute Gasteiger partial charge is 0.349 e. The molecule has 1 amide bonds. The molecule has 6 heteroatoms. The van der Waals surface area contributed by atoms with Gasteiger partial charge in [-0.15, -0.1) is 5.10 Å². The van der Waals surface area contributed by atoms with Crippen LogP contribution in [0, 0.1) is 19.3 Å². The Hall–Kier alpha value is -2.24. The maximum atomic E-state index is 11.9. The fourth-order valence-corrected chi connectivity index (χ4v) is 2.10. The van der Waals surface area contributed by atoms with Crippen molar-refractivity contribution in [2.75, 3.05) is 0 Å². The van der Waals surface area contributed by atoms with Crippen molar-refractivity contribution in [2.45, 2.75) is 47.6 Å². The maximum absolute atomic E-state index is 11.9. The van der Waals surface area contributed by atoms with E-state index < -0.39 is 0 Å². The van der Waals surface area contributed by atoms with E-state index in [-0.39, 0.29) is 11.3 Å². The summed E-state index contributed by atoms with van der Waals surface area (Å²) in [4.78, 5) is 11.9. The Morgan fingerprint density at radius 3 is 2.59 bits per heavy atom. The van der Waals surface area contributed by atoms with Crippen molar-refractivity contribution in [2.24, 2.45) is 5.41 Å². The quantitative estimate of drug-likeness (QED) is 0.940. The molecule has 0 aliphatic rings. The molecule has 0 radical (unpaired) electrons. The Labute approximate surface area is 130 Å². The van der Waals surface area contributed by atoms with Crippen LogP contribution in [0.4, 0.5) is 0 Å². The van der Waals surface area contributed by atoms with Crippen LogP contribution in [0.2, 0.25) is 0 Å². The third-order valence-corrected chi connectivity index (χ3v) is 3.40. The SMILES string of the molecule is Cc1ccc(-n2nnnc2CNC(=O)CC(C)(C)C)cc1C. The predicted octanol–water partition coefficient (Wildman–Crippen LogP) is 2.33. The van der Waals surface area contributed by atoms with E-state index >= 15 is 0 Å². The first kappa shape index (κ1) is 16.1. The van der Waals surface area contributed by atoms with Gasteiger partial charge in [-0.25, -0.2) is 0 Å². The molecule has 22 heavy (non-hydrogen) atoms. The van der Waals surface area contributed by atoms with Crippen molar-refractivity contribution in [1.29, 1.82) is 0 Å². The van der Waals surface area contributed by atoms with E-state index in [0.717, 1.165) is 5.69 Å². The number of aryl methyl sites for hydroxylation is 2. The number of nitrogens with one attached hydrogen (secondary N) is 1. The molecule has 1 aromatic carbocycles. The lowest BCUT2D eigenvalue weighted by molar-refractivity contribution is -0.123. The van der Waals surface area contributed by atoms with Gasteiger partial charge >= 0.3 is 0 Å². The predicted molar refractivity (Wildman–Crippen MR) is 84.5 cm³/mol. The molecule has 1 heterocycles. The summed E-state index contributed by atoms with van der Waals surface area (Å²) in [5, 5.41) is 14.6. The van der Waals surface area contributed by atoms with E-state index in [2.05, 4.69) is 27.8 Å². The first-order valence-electron chi connectivity index (χ1n) is 7.38. The Kier molecular flexibility index (Phi) is 4.59. The van der Waals surface area contributed by atoms with Gasteiger partial charge in [-0.1, -0.05) is 26.8 Å². The van der Waals surface area contributed by atoms with Gasteiger partial charge in [-0.2, -0.15) is 4.68 Å². The van der Waals surface area contributed by atoms with Crippen LogP contribution in [-0.4, -0.2) is 26.1 Å². The van der Waals surface area contributed by atoms with Crippen LogP contribution >= 0.6 is 0 Å². The first-order valence-corrected chi connectivity index (χ1v) is 7.38. The monoisotopic (exact) mass is 301 g/mol. The molecule has 0 saturated carbocycles. The van der Waals surface area contributed by atoms with Crippen LogP contribution in [0.5, 0.6) is 0 Å². The van der Waals surface area contributed by atoms with Crippen LogP contribution in [0.1, 0.15) is 44.1 Å². The van der Waals surface area contributed by atoms with E-state index in [9.17, 15) is 4.79 Å². The second kappa shape index (κ2) is 6.25. The molecule has 0 spiro atoms. The zero-order chi connectivity index (χ0) is 16.3. The van der Waals surface area contributed by atoms with E-state index in [1.54, 1.807) is 4.68 Å². The van der Waals surface area contributed by atoms with Gasteiger partial charge in [0.25, 0.3) is 0 Å². The Morgan fingerprint density at radius 1 is 1.23 bits per heavy atom. The fraction of sp³-hybridized carbons (Fsp3) is 0.500. The van der Waals surface area contributed by atoms with Crippen molar-refractivity contribution in [1.82, 2.24) is 25.5 Å². The highest BCUT2D eigenvalue weighted by molar-refractivity contribution is 5.76. The summed E-state index contributed by atoms with van der Waals surface area (Å²) < 4.78 is 1.66. The molecule has 2 rings (SSSR count). The van der Waals surface area contributed by atoms with Gasteiger partial charge < -0.3 is 5.32 Å². The normalized spacial score (nSPS) is 11.5. The summed E-state index contributed by atoms with van der Waals surface area (Å²) in [5.74, 6) is 0.618. The smallest absolute Gasteiger partial charge is 0.220 e. The van der Waals surface area contributed by atoms with Gasteiger partial charge in [0.2, 0.25) is 5.91 Å². The van der Waals surface area contributed by atoms with Crippen LogP contribution in [0.25, 0.3) is 5.69 Å². The van der Waals surface area contributed by atoms with Crippen molar-refractivity contribution < 1.29 is 4.79 Å². The molecule has 1 N–H and O–H groups in total. The molecule has 118 valence electrons. The van der Waals surface area contributed by atoms with E-state index in [4.69, 9.17) is 0 Å². The molecular formula is C16H23N5O. The van der Waals surface area contributed by atoms with E-state index in [1.165, 1.54) is 11.1 Å². The summed E-state index contributed by atoms with van der Waals surface area (Å²) in [6.45, 7) is 10.5. The highest BCUT2D eigenvalue weighted by Gasteiger charge is 2.17. The van der Waals surface area contributed by atoms with Crippen molar-refractivity contribution in [3.8, 4) is 5.69 Å². The van der Waals surface area contributed by atoms with Crippen LogP contribution in [-0.2, 0) is 11.3 Å². The molecule has 0 unspecified atom stereocenters. The molecule has 0 atom stereocenters. The van der Waals surface area contributed by atoms with Gasteiger partial charge in [-0.05, 0) is 52.9 Å². The van der Waals surface area contributed by atoms with E-state index in [0.29, 0.717) is 18.8 Å². The summed E-state index contributed by atoms with van der Waals surface area (Å²) in [7, 11) is 0. The lowest BCUT2D eigenvalue weighted by Crippen LogP contribution is -2.28. The number of amides is 1. The Balaban J connectivity index is 2.10. The van der Waals surface area contributed by atoms with Gasteiger partial charge in [-0.3, -0.25) is 4.79 Å². The summed E-state index contributed by atoms with van der Waals surface area (Å²) in [6.07, 6.45) is 0.470. The summed E-state index contributed by atoms with van der Waals surface area (Å²) >= 11 is 0. The van der Waals surface area contributed by atoms with Gasteiger partial charge in [0.1, 0.15) is 0 Å². The lowest BCUT2D eigenvalue weighted by atomic mass is 9.92. The zero-order valence-electron chi connectivity index (χ0n) is 13.8. The Bertz CT molecular complexity index is 669. The number of carbonyl (C=O) groups excluding carboxylic acids is 1. The van der Waals surface area contributed by atoms with Crippen LogP contribution in [0.15, 0.2) is 18.2 Å². The van der Waals surface area contributed by atoms with Crippen molar-refractivity contribution in [3.05, 3.63) is 35.2 Å². The fourth-order valence-electron chi connectivity index (χ4n) is 2.10. The molecular weight excluding hydrogens is 278 g/mol. The number of rotatable bonds is 4. The topological polar surface area (TPSA) is 72.7 Å². The minimum absolute atomic E-state index is 0.00198. The average Bonchev–Trinajstić information content (AvgIpc) is 2.86. The number of nitrogens with zero attached hydrogens (tertiary/aromatic N) is 4. The maximum Gasteiger partial charge on any atom is 0.220 e. The zero-order valence-corrected chi connectivity index (χ0v) is 13.8. The van der Waals surface area contributed by atoms with E-state index in [1.807, 2.05) is 45.9 Å². The molecule has 1 aromatic heterocycles. The van der Waals surface area contributed by atoms with Gasteiger partial charge in [0.15, 0.2) is 5.82 Å². The third-order valence-electron chi connectivity index (χ3n) is 3.40. The minimum Gasteiger partial charge on any atom is -0.349 e. The molecule has 0 fully saturated rings. The molecule has 0 aliphatic heterocycles.